The third kappa shape index (κ3) is 5.65. The van der Waals surface area contributed by atoms with E-state index in [0.717, 1.165) is 26.2 Å². The molecule has 0 radical (unpaired) electrons. The van der Waals surface area contributed by atoms with Gasteiger partial charge in [-0.3, -0.25) is 4.79 Å². The Hall–Kier alpha value is -0.0300. The zero-order valence-corrected chi connectivity index (χ0v) is 10.2. The monoisotopic (exact) mass is 244 g/mol. The fourth-order valence-corrected chi connectivity index (χ4v) is 1.09. The summed E-state index contributed by atoms with van der Waals surface area (Å²) in [5.74, 6) is -0.139. The number of hydroxylamine groups is 2. The van der Waals surface area contributed by atoms with Gasteiger partial charge in [-0.2, -0.15) is 0 Å². The normalized spacial score (nSPS) is 17.9. The molecule has 0 unspecified atom stereocenters. The number of carbonyl (C=O) groups is 1. The molecule has 0 atom stereocenters. The van der Waals surface area contributed by atoms with Crippen molar-refractivity contribution in [3.05, 3.63) is 0 Å². The SMILES string of the molecule is CCC(=O)ON1CCN(C)CC1.Cl.Cl. The molecule has 1 heterocycles. The van der Waals surface area contributed by atoms with Crippen LogP contribution in [0.25, 0.3) is 0 Å². The van der Waals surface area contributed by atoms with E-state index in [0.29, 0.717) is 6.42 Å². The van der Waals surface area contributed by atoms with Crippen LogP contribution in [0.4, 0.5) is 0 Å². The number of nitrogens with zero attached hydrogens (tertiary/aromatic N) is 2. The minimum atomic E-state index is -0.139. The van der Waals surface area contributed by atoms with E-state index in [1.165, 1.54) is 0 Å². The van der Waals surface area contributed by atoms with Crippen molar-refractivity contribution in [2.75, 3.05) is 33.2 Å². The molecule has 4 nitrogen and oxygen atoms in total. The summed E-state index contributed by atoms with van der Waals surface area (Å²) in [6, 6.07) is 0. The summed E-state index contributed by atoms with van der Waals surface area (Å²) >= 11 is 0. The smallest absolute Gasteiger partial charge is 0.324 e. The lowest BCUT2D eigenvalue weighted by Gasteiger charge is -2.30. The van der Waals surface area contributed by atoms with Crippen LogP contribution in [0, 0.1) is 0 Å². The second-order valence-corrected chi connectivity index (χ2v) is 3.05. The summed E-state index contributed by atoms with van der Waals surface area (Å²) in [5.41, 5.74) is 0. The van der Waals surface area contributed by atoms with Gasteiger partial charge in [0.15, 0.2) is 0 Å². The number of hydrogen-bond donors (Lipinski definition) is 0. The Labute approximate surface area is 97.3 Å². The highest BCUT2D eigenvalue weighted by molar-refractivity contribution is 5.85. The van der Waals surface area contributed by atoms with E-state index in [1.54, 1.807) is 12.0 Å². The molecule has 86 valence electrons. The Morgan fingerprint density at radius 2 is 1.71 bits per heavy atom. The third-order valence-corrected chi connectivity index (χ3v) is 1.98. The van der Waals surface area contributed by atoms with Gasteiger partial charge in [0.1, 0.15) is 0 Å². The fraction of sp³-hybridized carbons (Fsp3) is 0.875. The third-order valence-electron chi connectivity index (χ3n) is 1.98. The van der Waals surface area contributed by atoms with Crippen LogP contribution < -0.4 is 0 Å². The standard InChI is InChI=1S/C8H16N2O2.2ClH/c1-3-8(11)12-10-6-4-9(2)5-7-10;;/h3-7H2,1-2H3;2*1H. The Bertz CT molecular complexity index is 161. The average molecular weight is 245 g/mol. The summed E-state index contributed by atoms with van der Waals surface area (Å²) in [6.45, 7) is 5.39. The molecule has 0 amide bonds. The van der Waals surface area contributed by atoms with Gasteiger partial charge in [-0.25, -0.2) is 0 Å². The van der Waals surface area contributed by atoms with Crippen molar-refractivity contribution in [1.82, 2.24) is 9.96 Å². The van der Waals surface area contributed by atoms with E-state index in [1.807, 2.05) is 0 Å². The Kier molecular flexibility index (Phi) is 9.72. The molecule has 1 aliphatic rings. The van der Waals surface area contributed by atoms with Crippen LogP contribution in [-0.2, 0) is 9.63 Å². The second-order valence-electron chi connectivity index (χ2n) is 3.05. The summed E-state index contributed by atoms with van der Waals surface area (Å²) in [4.78, 5) is 18.2. The minimum Gasteiger partial charge on any atom is -0.368 e. The topological polar surface area (TPSA) is 32.8 Å². The number of piperazine rings is 1. The van der Waals surface area contributed by atoms with Gasteiger partial charge in [0, 0.05) is 32.6 Å². The number of carbonyl (C=O) groups excluding carboxylic acids is 1. The van der Waals surface area contributed by atoms with Crippen molar-refractivity contribution >= 4 is 30.8 Å². The predicted molar refractivity (Wildman–Crippen MR) is 59.9 cm³/mol. The lowest BCUT2D eigenvalue weighted by Crippen LogP contribution is -2.45. The van der Waals surface area contributed by atoms with Crippen LogP contribution in [0.15, 0.2) is 0 Å². The predicted octanol–water partition coefficient (Wildman–Crippen LogP) is 0.946. The first-order valence-electron chi connectivity index (χ1n) is 4.36. The molecule has 0 aromatic carbocycles. The summed E-state index contributed by atoms with van der Waals surface area (Å²) < 4.78 is 0. The van der Waals surface area contributed by atoms with Gasteiger partial charge in [0.2, 0.25) is 0 Å². The molecule has 0 aromatic heterocycles. The van der Waals surface area contributed by atoms with Crippen LogP contribution in [0.3, 0.4) is 0 Å². The van der Waals surface area contributed by atoms with Crippen molar-refractivity contribution in [1.29, 1.82) is 0 Å². The molecule has 0 spiro atoms. The molecule has 6 heteroatoms. The molecule has 1 rings (SSSR count). The molecule has 0 aliphatic carbocycles. The van der Waals surface area contributed by atoms with Crippen LogP contribution >= 0.6 is 24.8 Å². The van der Waals surface area contributed by atoms with Gasteiger partial charge in [-0.15, -0.1) is 29.9 Å². The highest BCUT2D eigenvalue weighted by Crippen LogP contribution is 2.00. The first kappa shape index (κ1) is 16.4. The van der Waals surface area contributed by atoms with Gasteiger partial charge in [-0.05, 0) is 7.05 Å². The molecule has 1 aliphatic heterocycles. The van der Waals surface area contributed by atoms with Crippen LogP contribution in [0.1, 0.15) is 13.3 Å². The highest BCUT2D eigenvalue weighted by Gasteiger charge is 2.16. The van der Waals surface area contributed by atoms with E-state index in [9.17, 15) is 4.79 Å². The van der Waals surface area contributed by atoms with Gasteiger partial charge in [-0.1, -0.05) is 6.92 Å². The number of halogens is 2. The molecule has 1 saturated heterocycles. The molecule has 0 aromatic rings. The van der Waals surface area contributed by atoms with Gasteiger partial charge in [0.05, 0.1) is 0 Å². The summed E-state index contributed by atoms with van der Waals surface area (Å²) in [6.07, 6.45) is 0.451. The van der Waals surface area contributed by atoms with Crippen molar-refractivity contribution in [2.45, 2.75) is 13.3 Å². The largest absolute Gasteiger partial charge is 0.368 e. The Balaban J connectivity index is 0. The molecule has 14 heavy (non-hydrogen) atoms. The van der Waals surface area contributed by atoms with E-state index in [4.69, 9.17) is 4.84 Å². The van der Waals surface area contributed by atoms with Gasteiger partial charge >= 0.3 is 5.97 Å². The van der Waals surface area contributed by atoms with Crippen molar-refractivity contribution < 1.29 is 9.63 Å². The maximum Gasteiger partial charge on any atom is 0.324 e. The van der Waals surface area contributed by atoms with E-state index in [-0.39, 0.29) is 30.8 Å². The minimum absolute atomic E-state index is 0. The Morgan fingerprint density at radius 1 is 1.21 bits per heavy atom. The van der Waals surface area contributed by atoms with E-state index in [2.05, 4.69) is 11.9 Å². The maximum atomic E-state index is 10.9. The lowest BCUT2D eigenvalue weighted by molar-refractivity contribution is -0.196. The maximum absolute atomic E-state index is 10.9. The molecular weight excluding hydrogens is 227 g/mol. The van der Waals surface area contributed by atoms with E-state index < -0.39 is 0 Å². The first-order valence-corrected chi connectivity index (χ1v) is 4.36. The first-order chi connectivity index (χ1) is 5.72. The summed E-state index contributed by atoms with van der Waals surface area (Å²) in [5, 5.41) is 1.74. The fourth-order valence-electron chi connectivity index (χ4n) is 1.09. The van der Waals surface area contributed by atoms with Gasteiger partial charge < -0.3 is 9.74 Å². The number of likely N-dealkylation sites (N-methyl/N-ethyl adjacent to an activating group) is 1. The highest BCUT2D eigenvalue weighted by atomic mass is 35.5. The lowest BCUT2D eigenvalue weighted by atomic mass is 10.4. The molecule has 0 N–H and O–H groups in total. The molecule has 0 saturated carbocycles. The zero-order chi connectivity index (χ0) is 8.97. The molecule has 1 fully saturated rings. The van der Waals surface area contributed by atoms with Crippen LogP contribution in [0.5, 0.6) is 0 Å². The van der Waals surface area contributed by atoms with E-state index >= 15 is 0 Å². The quantitative estimate of drug-likeness (QED) is 0.725. The van der Waals surface area contributed by atoms with Crippen LogP contribution in [0.2, 0.25) is 0 Å². The average Bonchev–Trinajstić information content (AvgIpc) is 2.09. The van der Waals surface area contributed by atoms with Crippen molar-refractivity contribution in [2.24, 2.45) is 0 Å². The summed E-state index contributed by atoms with van der Waals surface area (Å²) in [7, 11) is 2.07. The van der Waals surface area contributed by atoms with Gasteiger partial charge in [0.25, 0.3) is 0 Å². The van der Waals surface area contributed by atoms with Crippen LogP contribution in [-0.4, -0.2) is 49.2 Å². The van der Waals surface area contributed by atoms with Crippen molar-refractivity contribution in [3.8, 4) is 0 Å². The van der Waals surface area contributed by atoms with Crippen molar-refractivity contribution in [3.63, 3.8) is 0 Å². The Morgan fingerprint density at radius 3 is 2.14 bits per heavy atom. The number of hydrogen-bond acceptors (Lipinski definition) is 4. The molecule has 0 bridgehead atoms. The number of rotatable bonds is 2. The second kappa shape index (κ2) is 8.29. The zero-order valence-electron chi connectivity index (χ0n) is 8.56. The molecular formula is C8H18Cl2N2O2.